The van der Waals surface area contributed by atoms with Crippen molar-refractivity contribution in [1.82, 2.24) is 4.90 Å². The monoisotopic (exact) mass is 320 g/mol. The number of rotatable bonds is 3. The van der Waals surface area contributed by atoms with Crippen molar-refractivity contribution in [2.45, 2.75) is 38.7 Å². The molecule has 1 N–H and O–H groups in total. The Kier molecular flexibility index (Phi) is 4.85. The normalized spacial score (nSPS) is 20.8. The second-order valence-electron chi connectivity index (χ2n) is 6.73. The maximum absolute atomic E-state index is 14.4. The van der Waals surface area contributed by atoms with E-state index >= 15 is 0 Å². The lowest BCUT2D eigenvalue weighted by atomic mass is 9.92. The van der Waals surface area contributed by atoms with Gasteiger partial charge < -0.3 is 14.9 Å². The van der Waals surface area contributed by atoms with E-state index in [1.54, 1.807) is 24.0 Å². The molecule has 3 rings (SSSR count). The number of benzene rings is 1. The summed E-state index contributed by atoms with van der Waals surface area (Å²) < 4.78 is 14.4. The van der Waals surface area contributed by atoms with Crippen LogP contribution in [0, 0.1) is 11.7 Å². The van der Waals surface area contributed by atoms with Gasteiger partial charge in [-0.2, -0.15) is 0 Å². The molecule has 0 saturated carbocycles. The average Bonchev–Trinajstić information content (AvgIpc) is 3.08. The Labute approximate surface area is 136 Å². The van der Waals surface area contributed by atoms with Crippen LogP contribution in [0.5, 0.6) is 0 Å². The molecule has 2 heterocycles. The van der Waals surface area contributed by atoms with Gasteiger partial charge in [0.25, 0.3) is 5.91 Å². The molecule has 2 fully saturated rings. The second-order valence-corrected chi connectivity index (χ2v) is 6.73. The molecule has 1 atom stereocenters. The Morgan fingerprint density at radius 2 is 1.87 bits per heavy atom. The summed E-state index contributed by atoms with van der Waals surface area (Å²) in [7, 11) is 0. The smallest absolute Gasteiger partial charge is 0.253 e. The predicted molar refractivity (Wildman–Crippen MR) is 88.2 cm³/mol. The van der Waals surface area contributed by atoms with E-state index in [0.29, 0.717) is 24.3 Å². The number of halogens is 1. The summed E-state index contributed by atoms with van der Waals surface area (Å²) in [5.41, 5.74) is 1.02. The number of hydrogen-bond donors (Lipinski definition) is 1. The number of likely N-dealkylation sites (tertiary alicyclic amines) is 1. The first kappa shape index (κ1) is 16.2. The maximum atomic E-state index is 14.4. The van der Waals surface area contributed by atoms with Crippen molar-refractivity contribution in [2.75, 3.05) is 31.1 Å². The lowest BCUT2D eigenvalue weighted by Gasteiger charge is -2.33. The van der Waals surface area contributed by atoms with Gasteiger partial charge in [0.15, 0.2) is 0 Å². The molecule has 1 aromatic rings. The van der Waals surface area contributed by atoms with Gasteiger partial charge in [-0.1, -0.05) is 0 Å². The average molecular weight is 320 g/mol. The summed E-state index contributed by atoms with van der Waals surface area (Å²) in [6.45, 7) is 4.83. The SMILES string of the molecule is CC(O)C1CCN(C(=O)c2ccc(N3CCCC3)c(F)c2)CC1. The second kappa shape index (κ2) is 6.87. The third-order valence-corrected chi connectivity index (χ3v) is 5.15. The van der Waals surface area contributed by atoms with Gasteiger partial charge in [-0.3, -0.25) is 4.79 Å². The Morgan fingerprint density at radius 1 is 1.22 bits per heavy atom. The van der Waals surface area contributed by atoms with E-state index in [-0.39, 0.29) is 23.7 Å². The highest BCUT2D eigenvalue weighted by atomic mass is 19.1. The van der Waals surface area contributed by atoms with Crippen molar-refractivity contribution in [3.63, 3.8) is 0 Å². The van der Waals surface area contributed by atoms with Crippen LogP contribution in [0.2, 0.25) is 0 Å². The molecule has 0 aliphatic carbocycles. The lowest BCUT2D eigenvalue weighted by molar-refractivity contribution is 0.0521. The van der Waals surface area contributed by atoms with Crippen LogP contribution in [0.4, 0.5) is 10.1 Å². The zero-order chi connectivity index (χ0) is 16.4. The summed E-state index contributed by atoms with van der Waals surface area (Å²) >= 11 is 0. The van der Waals surface area contributed by atoms with Crippen LogP contribution < -0.4 is 4.90 Å². The van der Waals surface area contributed by atoms with Gasteiger partial charge in [-0.05, 0) is 56.7 Å². The number of hydrogen-bond acceptors (Lipinski definition) is 3. The zero-order valence-electron chi connectivity index (χ0n) is 13.7. The third-order valence-electron chi connectivity index (χ3n) is 5.15. The highest BCUT2D eigenvalue weighted by molar-refractivity contribution is 5.94. The summed E-state index contributed by atoms with van der Waals surface area (Å²) in [5.74, 6) is -0.161. The molecule has 2 aliphatic rings. The molecule has 2 saturated heterocycles. The van der Waals surface area contributed by atoms with Crippen LogP contribution >= 0.6 is 0 Å². The predicted octanol–water partition coefficient (Wildman–Crippen LogP) is 2.66. The van der Waals surface area contributed by atoms with Gasteiger partial charge in [0, 0.05) is 31.7 Å². The van der Waals surface area contributed by atoms with Gasteiger partial charge in [0.2, 0.25) is 0 Å². The van der Waals surface area contributed by atoms with Gasteiger partial charge in [0.05, 0.1) is 11.8 Å². The molecule has 0 radical (unpaired) electrons. The first-order valence-electron chi connectivity index (χ1n) is 8.58. The van der Waals surface area contributed by atoms with Crippen LogP contribution in [-0.4, -0.2) is 48.2 Å². The van der Waals surface area contributed by atoms with Crippen molar-refractivity contribution in [3.8, 4) is 0 Å². The third kappa shape index (κ3) is 3.50. The van der Waals surface area contributed by atoms with Crippen molar-refractivity contribution >= 4 is 11.6 Å². The fraction of sp³-hybridized carbons (Fsp3) is 0.611. The number of amides is 1. The zero-order valence-corrected chi connectivity index (χ0v) is 13.7. The number of carbonyl (C=O) groups is 1. The number of nitrogens with zero attached hydrogens (tertiary/aromatic N) is 2. The molecule has 0 spiro atoms. The van der Waals surface area contributed by atoms with E-state index in [0.717, 1.165) is 38.8 Å². The minimum atomic E-state index is -0.329. The van der Waals surface area contributed by atoms with Gasteiger partial charge >= 0.3 is 0 Å². The van der Waals surface area contributed by atoms with E-state index in [1.807, 2.05) is 4.90 Å². The molecule has 2 aliphatic heterocycles. The Bertz CT molecular complexity index is 562. The molecule has 5 heteroatoms. The molecular weight excluding hydrogens is 295 g/mol. The minimum Gasteiger partial charge on any atom is -0.393 e. The highest BCUT2D eigenvalue weighted by Gasteiger charge is 2.26. The van der Waals surface area contributed by atoms with Crippen LogP contribution in [0.15, 0.2) is 18.2 Å². The van der Waals surface area contributed by atoms with Crippen LogP contribution in [0.3, 0.4) is 0 Å². The minimum absolute atomic E-state index is 0.110. The van der Waals surface area contributed by atoms with Crippen LogP contribution in [0.1, 0.15) is 43.0 Å². The highest BCUT2D eigenvalue weighted by Crippen LogP contribution is 2.26. The van der Waals surface area contributed by atoms with Crippen LogP contribution in [0.25, 0.3) is 0 Å². The molecule has 0 bridgehead atoms. The molecule has 1 unspecified atom stereocenters. The van der Waals surface area contributed by atoms with E-state index in [9.17, 15) is 14.3 Å². The fourth-order valence-electron chi connectivity index (χ4n) is 3.62. The summed E-state index contributed by atoms with van der Waals surface area (Å²) in [6, 6.07) is 4.84. The standard InChI is InChI=1S/C18H25FN2O2/c1-13(22)14-6-10-21(11-7-14)18(23)15-4-5-17(16(19)12-15)20-8-2-3-9-20/h4-5,12-14,22H,2-3,6-11H2,1H3. The lowest BCUT2D eigenvalue weighted by Crippen LogP contribution is -2.40. The van der Waals surface area contributed by atoms with Gasteiger partial charge in [-0.25, -0.2) is 4.39 Å². The van der Waals surface area contributed by atoms with Gasteiger partial charge in [-0.15, -0.1) is 0 Å². The number of anilines is 1. The molecule has 23 heavy (non-hydrogen) atoms. The van der Waals surface area contributed by atoms with E-state index in [1.165, 1.54) is 6.07 Å². The first-order chi connectivity index (χ1) is 11.1. The molecular formula is C18H25FN2O2. The van der Waals surface area contributed by atoms with E-state index < -0.39 is 0 Å². The molecule has 0 aromatic heterocycles. The molecule has 1 amide bonds. The largest absolute Gasteiger partial charge is 0.393 e. The first-order valence-corrected chi connectivity index (χ1v) is 8.58. The van der Waals surface area contributed by atoms with Crippen molar-refractivity contribution in [3.05, 3.63) is 29.6 Å². The van der Waals surface area contributed by atoms with E-state index in [2.05, 4.69) is 0 Å². The Hall–Kier alpha value is -1.62. The topological polar surface area (TPSA) is 43.8 Å². The maximum Gasteiger partial charge on any atom is 0.253 e. The quantitative estimate of drug-likeness (QED) is 0.931. The number of aliphatic hydroxyl groups excluding tert-OH is 1. The summed E-state index contributed by atoms with van der Waals surface area (Å²) in [6.07, 6.45) is 3.47. The molecule has 1 aromatic carbocycles. The number of piperidine rings is 1. The summed E-state index contributed by atoms with van der Waals surface area (Å²) in [5, 5.41) is 9.63. The van der Waals surface area contributed by atoms with Crippen molar-refractivity contribution < 1.29 is 14.3 Å². The molecule has 4 nitrogen and oxygen atoms in total. The number of aliphatic hydroxyl groups is 1. The number of carbonyl (C=O) groups excluding carboxylic acids is 1. The van der Waals surface area contributed by atoms with Crippen LogP contribution in [-0.2, 0) is 0 Å². The van der Waals surface area contributed by atoms with E-state index in [4.69, 9.17) is 0 Å². The Morgan fingerprint density at radius 3 is 2.43 bits per heavy atom. The van der Waals surface area contributed by atoms with Crippen molar-refractivity contribution in [1.29, 1.82) is 0 Å². The Balaban J connectivity index is 1.67. The van der Waals surface area contributed by atoms with Crippen molar-refractivity contribution in [2.24, 2.45) is 5.92 Å². The summed E-state index contributed by atoms with van der Waals surface area (Å²) in [4.78, 5) is 16.4. The van der Waals surface area contributed by atoms with Gasteiger partial charge in [0.1, 0.15) is 5.82 Å². The molecule has 126 valence electrons. The fourth-order valence-corrected chi connectivity index (χ4v) is 3.62.